The third-order valence-electron chi connectivity index (χ3n) is 11.5. The van der Waals surface area contributed by atoms with E-state index in [2.05, 4.69) is 16.0 Å². The van der Waals surface area contributed by atoms with Crippen molar-refractivity contribution in [3.63, 3.8) is 0 Å². The Morgan fingerprint density at radius 3 is 1.23 bits per heavy atom. The number of rotatable bonds is 16. The van der Waals surface area contributed by atoms with E-state index in [1.807, 2.05) is 0 Å². The van der Waals surface area contributed by atoms with Gasteiger partial charge < -0.3 is 130 Å². The lowest BCUT2D eigenvalue weighted by Crippen LogP contribution is -2.70. The SMILES string of the molecule is CC(=O)N[C@@H]1[C@@H](O)[C@H](O[C@@H]2O[C@H](CO)[C@@H](O[C@@H]3O[C@H](CO)[C@@H](O)[C@H](O[C@H]4O[C@H](CO)[C@@H](O)[C@H](O)[C@@H]4O[C@H]4O[C@H](CO)[C@@H](O)[C@H](O)[C@H]4NC(C)=O)[C@@H]3O)[C@H](O)[C@H]2NC(C)=O)[C@@H](CO)O[C@H]1O. The average Bonchev–Trinajstić information content (AvgIpc) is 3.26. The number of nitrogens with one attached hydrogen (secondary N) is 3. The van der Waals surface area contributed by atoms with Gasteiger partial charge in [0.05, 0.1) is 33.0 Å². The molecule has 0 spiro atoms. The average molecular weight is 952 g/mol. The van der Waals surface area contributed by atoms with Crippen LogP contribution >= 0.6 is 0 Å². The molecule has 25 atom stereocenters. The molecule has 17 N–H and O–H groups in total. The summed E-state index contributed by atoms with van der Waals surface area (Å²) in [7, 11) is 0. The maximum Gasteiger partial charge on any atom is 0.217 e. The lowest BCUT2D eigenvalue weighted by atomic mass is 9.94. The van der Waals surface area contributed by atoms with Crippen LogP contribution in [-0.2, 0) is 57.0 Å². The number of aliphatic hydroxyl groups excluding tert-OH is 14. The van der Waals surface area contributed by atoms with E-state index < -0.39 is 204 Å². The number of aliphatic hydroxyl groups is 14. The number of ether oxygens (including phenoxy) is 9. The van der Waals surface area contributed by atoms with Crippen LogP contribution < -0.4 is 16.0 Å². The molecule has 0 bridgehead atoms. The summed E-state index contributed by atoms with van der Waals surface area (Å²) in [5.74, 6) is -2.23. The molecule has 0 aromatic heterocycles. The second-order valence-corrected chi connectivity index (χ2v) is 16.2. The third kappa shape index (κ3) is 11.9. The van der Waals surface area contributed by atoms with Crippen LogP contribution in [0.1, 0.15) is 20.8 Å². The summed E-state index contributed by atoms with van der Waals surface area (Å²) < 4.78 is 51.7. The molecule has 376 valence electrons. The molecular formula is C36H61N3O26. The fourth-order valence-corrected chi connectivity index (χ4v) is 8.22. The van der Waals surface area contributed by atoms with Gasteiger partial charge in [-0.2, -0.15) is 0 Å². The lowest BCUT2D eigenvalue weighted by Gasteiger charge is -2.50. The van der Waals surface area contributed by atoms with Gasteiger partial charge in [-0.25, -0.2) is 0 Å². The highest BCUT2D eigenvalue weighted by molar-refractivity contribution is 5.74. The maximum atomic E-state index is 12.4. The van der Waals surface area contributed by atoms with Gasteiger partial charge >= 0.3 is 0 Å². The van der Waals surface area contributed by atoms with Gasteiger partial charge in [-0.15, -0.1) is 0 Å². The second kappa shape index (κ2) is 23.2. The molecule has 0 unspecified atom stereocenters. The van der Waals surface area contributed by atoms with Crippen LogP contribution in [0.25, 0.3) is 0 Å². The zero-order valence-electron chi connectivity index (χ0n) is 35.1. The van der Waals surface area contributed by atoms with E-state index in [4.69, 9.17) is 42.6 Å². The summed E-state index contributed by atoms with van der Waals surface area (Å²) in [4.78, 5) is 36.3. The van der Waals surface area contributed by atoms with E-state index in [1.165, 1.54) is 0 Å². The Hall–Kier alpha value is -2.51. The van der Waals surface area contributed by atoms with Crippen LogP contribution in [-0.4, -0.2) is 276 Å². The fourth-order valence-electron chi connectivity index (χ4n) is 8.22. The molecule has 5 aliphatic heterocycles. The van der Waals surface area contributed by atoms with E-state index in [-0.39, 0.29) is 0 Å². The van der Waals surface area contributed by atoms with Crippen LogP contribution in [0.5, 0.6) is 0 Å². The Labute approximate surface area is 369 Å². The quantitative estimate of drug-likeness (QED) is 0.0683. The molecule has 65 heavy (non-hydrogen) atoms. The first-order valence-corrected chi connectivity index (χ1v) is 20.6. The molecule has 3 amide bonds. The normalized spacial score (nSPS) is 47.1. The standard InChI is InChI=1S/C36H61N3O26/c1-9(45)37-17-24(52)28(15(7-43)57-32(17)56)62-34-19(39-11(3)47)25(53)29(16(8-44)61-34)63-35-27(55)30(22(50)14(6-42)59-35)64-36-31(26(54)21(49)13(5-41)60-36)65-33-18(38-10(2)46)23(51)20(48)12(4-40)58-33/h12-36,40-44,48-56H,4-8H2,1-3H3,(H,37,45)(H,38,46)(H,39,47)/t12-,13-,14-,15-,16-,17-,18-,19-,20-,21-,22-,23-,24-,25-,26+,27+,28-,29-,30+,31+,32-,33-,34+,35+,36-/m1/s1. The smallest absolute Gasteiger partial charge is 0.217 e. The van der Waals surface area contributed by atoms with E-state index in [0.717, 1.165) is 20.8 Å². The Morgan fingerprint density at radius 2 is 0.723 bits per heavy atom. The zero-order chi connectivity index (χ0) is 48.2. The molecule has 5 rings (SSSR count). The largest absolute Gasteiger partial charge is 0.394 e. The maximum absolute atomic E-state index is 12.4. The Bertz CT molecular complexity index is 1560. The van der Waals surface area contributed by atoms with E-state index in [0.29, 0.717) is 0 Å². The van der Waals surface area contributed by atoms with Gasteiger partial charge in [-0.3, -0.25) is 14.4 Å². The van der Waals surface area contributed by atoms with E-state index in [9.17, 15) is 85.9 Å². The Morgan fingerprint density at radius 1 is 0.369 bits per heavy atom. The highest BCUT2D eigenvalue weighted by Gasteiger charge is 2.57. The van der Waals surface area contributed by atoms with E-state index in [1.54, 1.807) is 0 Å². The molecule has 5 aliphatic rings. The Balaban J connectivity index is 1.40. The number of amides is 3. The number of hydrogen-bond acceptors (Lipinski definition) is 26. The number of carbonyl (C=O) groups is 3. The highest BCUT2D eigenvalue weighted by atomic mass is 16.8. The molecule has 0 aromatic rings. The van der Waals surface area contributed by atoms with Gasteiger partial charge in [-0.05, 0) is 0 Å². The van der Waals surface area contributed by atoms with Crippen molar-refractivity contribution in [2.75, 3.05) is 33.0 Å². The Kier molecular flexibility index (Phi) is 19.1. The third-order valence-corrected chi connectivity index (χ3v) is 11.5. The molecule has 0 radical (unpaired) electrons. The van der Waals surface area contributed by atoms with Crippen molar-refractivity contribution in [2.45, 2.75) is 174 Å². The van der Waals surface area contributed by atoms with Crippen molar-refractivity contribution in [1.82, 2.24) is 16.0 Å². The molecule has 5 saturated heterocycles. The summed E-state index contributed by atoms with van der Waals surface area (Å²) in [6, 6.07) is -4.77. The minimum Gasteiger partial charge on any atom is -0.394 e. The molecular weight excluding hydrogens is 890 g/mol. The predicted octanol–water partition coefficient (Wildman–Crippen LogP) is -11.5. The summed E-state index contributed by atoms with van der Waals surface area (Å²) in [5, 5.41) is 157. The molecule has 0 aromatic carbocycles. The van der Waals surface area contributed by atoms with Crippen molar-refractivity contribution in [1.29, 1.82) is 0 Å². The van der Waals surface area contributed by atoms with Crippen LogP contribution in [0.15, 0.2) is 0 Å². The molecule has 5 fully saturated rings. The van der Waals surface area contributed by atoms with Crippen molar-refractivity contribution in [3.05, 3.63) is 0 Å². The second-order valence-electron chi connectivity index (χ2n) is 16.2. The minimum atomic E-state index is -2.20. The monoisotopic (exact) mass is 951 g/mol. The molecule has 0 aliphatic carbocycles. The first-order chi connectivity index (χ1) is 30.7. The van der Waals surface area contributed by atoms with Crippen molar-refractivity contribution in [2.24, 2.45) is 0 Å². The first kappa shape index (κ1) is 53.4. The molecule has 0 saturated carbocycles. The fraction of sp³-hybridized carbons (Fsp3) is 0.917. The van der Waals surface area contributed by atoms with Crippen molar-refractivity contribution in [3.8, 4) is 0 Å². The summed E-state index contributed by atoms with van der Waals surface area (Å²) in [6.07, 6.45) is -40.6. The van der Waals surface area contributed by atoms with Crippen LogP contribution in [0.3, 0.4) is 0 Å². The van der Waals surface area contributed by atoms with Crippen molar-refractivity contribution >= 4 is 17.7 Å². The zero-order valence-corrected chi connectivity index (χ0v) is 35.1. The van der Waals surface area contributed by atoms with Gasteiger partial charge in [0.1, 0.15) is 122 Å². The molecule has 29 nitrogen and oxygen atoms in total. The minimum absolute atomic E-state index is 0.690. The van der Waals surface area contributed by atoms with Crippen LogP contribution in [0.4, 0.5) is 0 Å². The number of hydrogen-bond donors (Lipinski definition) is 17. The topological polar surface area (TPSA) is 454 Å². The molecule has 29 heteroatoms. The highest BCUT2D eigenvalue weighted by Crippen LogP contribution is 2.36. The summed E-state index contributed by atoms with van der Waals surface area (Å²) in [6.45, 7) is -1.50. The van der Waals surface area contributed by atoms with Gasteiger partial charge in [-0.1, -0.05) is 0 Å². The summed E-state index contributed by atoms with van der Waals surface area (Å²) >= 11 is 0. The predicted molar refractivity (Wildman–Crippen MR) is 201 cm³/mol. The van der Waals surface area contributed by atoms with Gasteiger partial charge in [0.2, 0.25) is 17.7 Å². The number of carbonyl (C=O) groups excluding carboxylic acids is 3. The van der Waals surface area contributed by atoms with Gasteiger partial charge in [0.25, 0.3) is 0 Å². The first-order valence-electron chi connectivity index (χ1n) is 20.6. The molecule has 5 heterocycles. The van der Waals surface area contributed by atoms with Crippen LogP contribution in [0, 0.1) is 0 Å². The lowest BCUT2D eigenvalue weighted by molar-refractivity contribution is -0.391. The van der Waals surface area contributed by atoms with E-state index >= 15 is 0 Å². The van der Waals surface area contributed by atoms with Gasteiger partial charge in [0.15, 0.2) is 31.5 Å². The van der Waals surface area contributed by atoms with Crippen molar-refractivity contribution < 1.29 is 129 Å². The van der Waals surface area contributed by atoms with Crippen LogP contribution in [0.2, 0.25) is 0 Å². The van der Waals surface area contributed by atoms with Gasteiger partial charge in [0, 0.05) is 20.8 Å². The summed E-state index contributed by atoms with van der Waals surface area (Å²) in [5.41, 5.74) is 0.